The number of carbonyl (C=O) groups is 2. The van der Waals surface area contributed by atoms with E-state index in [1.165, 1.54) is 0 Å². The average molecular weight is 498 g/mol. The van der Waals surface area contributed by atoms with E-state index in [9.17, 15) is 14.4 Å². The van der Waals surface area contributed by atoms with Crippen molar-refractivity contribution >= 4 is 34.0 Å². The van der Waals surface area contributed by atoms with Crippen LogP contribution >= 0.6 is 0 Å². The Labute approximate surface area is 210 Å². The zero-order chi connectivity index (χ0) is 25.7. The van der Waals surface area contributed by atoms with Gasteiger partial charge in [-0.25, -0.2) is 14.2 Å². The maximum Gasteiger partial charge on any atom is 0.415 e. The van der Waals surface area contributed by atoms with Gasteiger partial charge in [-0.15, -0.1) is 0 Å². The molecular weight excluding hydrogens is 476 g/mol. The summed E-state index contributed by atoms with van der Waals surface area (Å²) in [5.74, 6) is 0.583. The lowest BCUT2D eigenvalue weighted by molar-refractivity contribution is -0.129. The van der Waals surface area contributed by atoms with Crippen molar-refractivity contribution in [3.63, 3.8) is 0 Å². The molecule has 0 bridgehead atoms. The van der Waals surface area contributed by atoms with Gasteiger partial charge in [0.05, 0.1) is 30.1 Å². The van der Waals surface area contributed by atoms with Gasteiger partial charge in [-0.1, -0.05) is 41.6 Å². The van der Waals surface area contributed by atoms with Gasteiger partial charge in [0.15, 0.2) is 17.0 Å². The number of para-hydroxylation sites is 2. The van der Waals surface area contributed by atoms with Crippen LogP contribution in [0.5, 0.6) is 5.75 Å². The van der Waals surface area contributed by atoms with E-state index in [1.54, 1.807) is 35.3 Å². The Morgan fingerprint density at radius 3 is 2.41 bits per heavy atom. The molecule has 1 aliphatic heterocycles. The minimum Gasteiger partial charge on any atom is -0.497 e. The number of imide groups is 1. The molecule has 3 aromatic carbocycles. The molecule has 186 valence electrons. The SMILES string of the molecule is COc1ccc2c(-n3c(=O)n(Cc4ccc(C[C@]5(C)OC(=O)NC5=O)cc4)c4ccccc43)noc2c1. The summed E-state index contributed by atoms with van der Waals surface area (Å²) in [7, 11) is 1.57. The number of imidazole rings is 1. The van der Waals surface area contributed by atoms with E-state index >= 15 is 0 Å². The molecule has 2 aromatic heterocycles. The zero-order valence-electron chi connectivity index (χ0n) is 20.1. The van der Waals surface area contributed by atoms with Crippen LogP contribution in [0, 0.1) is 0 Å². The second kappa shape index (κ2) is 8.37. The summed E-state index contributed by atoms with van der Waals surface area (Å²) in [6.07, 6.45) is -0.493. The van der Waals surface area contributed by atoms with Crippen LogP contribution in [0.3, 0.4) is 0 Å². The molecule has 0 radical (unpaired) electrons. The van der Waals surface area contributed by atoms with Crippen LogP contribution in [0.15, 0.2) is 76.0 Å². The Bertz CT molecular complexity index is 1750. The number of hydrogen-bond donors (Lipinski definition) is 1. The van der Waals surface area contributed by atoms with E-state index in [4.69, 9.17) is 14.0 Å². The molecule has 37 heavy (non-hydrogen) atoms. The largest absolute Gasteiger partial charge is 0.497 e. The van der Waals surface area contributed by atoms with Crippen molar-refractivity contribution in [2.75, 3.05) is 7.11 Å². The van der Waals surface area contributed by atoms with E-state index in [1.807, 2.05) is 54.6 Å². The van der Waals surface area contributed by atoms with Crippen molar-refractivity contribution < 1.29 is 23.6 Å². The van der Waals surface area contributed by atoms with Gasteiger partial charge in [0, 0.05) is 12.5 Å². The van der Waals surface area contributed by atoms with E-state index in [-0.39, 0.29) is 12.1 Å². The highest BCUT2D eigenvalue weighted by molar-refractivity contribution is 6.02. The van der Waals surface area contributed by atoms with Crippen LogP contribution in [-0.2, 0) is 22.5 Å². The molecule has 0 aliphatic carbocycles. The second-order valence-corrected chi connectivity index (χ2v) is 9.13. The van der Waals surface area contributed by atoms with Crippen molar-refractivity contribution in [3.8, 4) is 11.6 Å². The van der Waals surface area contributed by atoms with Crippen LogP contribution in [0.1, 0.15) is 18.1 Å². The lowest BCUT2D eigenvalue weighted by atomic mass is 9.95. The molecule has 1 saturated heterocycles. The lowest BCUT2D eigenvalue weighted by Gasteiger charge is -2.19. The molecule has 10 heteroatoms. The van der Waals surface area contributed by atoms with Gasteiger partial charge in [0.25, 0.3) is 5.91 Å². The summed E-state index contributed by atoms with van der Waals surface area (Å²) in [6.45, 7) is 1.90. The Balaban J connectivity index is 1.35. The van der Waals surface area contributed by atoms with Crippen LogP contribution in [0.25, 0.3) is 27.8 Å². The van der Waals surface area contributed by atoms with Gasteiger partial charge in [0.1, 0.15) is 5.75 Å². The van der Waals surface area contributed by atoms with Gasteiger partial charge in [-0.2, -0.15) is 0 Å². The van der Waals surface area contributed by atoms with Crippen molar-refractivity contribution in [1.29, 1.82) is 0 Å². The van der Waals surface area contributed by atoms with Crippen LogP contribution in [0.4, 0.5) is 4.79 Å². The molecule has 10 nitrogen and oxygen atoms in total. The molecule has 5 aromatic rings. The molecule has 1 aliphatic rings. The third-order valence-corrected chi connectivity index (χ3v) is 6.63. The number of aromatic nitrogens is 3. The van der Waals surface area contributed by atoms with Crippen molar-refractivity contribution in [2.45, 2.75) is 25.5 Å². The number of nitrogens with one attached hydrogen (secondary N) is 1. The minimum atomic E-state index is -1.24. The first-order valence-electron chi connectivity index (χ1n) is 11.6. The first-order chi connectivity index (χ1) is 17.9. The molecular formula is C27H22N4O6. The molecule has 6 rings (SSSR count). The third kappa shape index (κ3) is 3.74. The third-order valence-electron chi connectivity index (χ3n) is 6.63. The Morgan fingerprint density at radius 2 is 1.70 bits per heavy atom. The molecule has 0 unspecified atom stereocenters. The quantitative estimate of drug-likeness (QED) is 0.380. The predicted octanol–water partition coefficient (Wildman–Crippen LogP) is 3.56. The maximum atomic E-state index is 13.7. The summed E-state index contributed by atoms with van der Waals surface area (Å²) >= 11 is 0. The molecule has 3 heterocycles. The summed E-state index contributed by atoms with van der Waals surface area (Å²) in [5.41, 5.74) is 2.20. The Kier molecular flexibility index (Phi) is 5.11. The number of benzene rings is 3. The van der Waals surface area contributed by atoms with Crippen molar-refractivity contribution in [1.82, 2.24) is 19.6 Å². The normalized spacial score (nSPS) is 17.4. The van der Waals surface area contributed by atoms with Gasteiger partial charge in [-0.3, -0.25) is 14.7 Å². The highest BCUT2D eigenvalue weighted by Gasteiger charge is 2.44. The number of rotatable bonds is 6. The Hall–Kier alpha value is -4.86. The summed E-state index contributed by atoms with van der Waals surface area (Å²) < 4.78 is 19.2. The monoisotopic (exact) mass is 498 g/mol. The second-order valence-electron chi connectivity index (χ2n) is 9.13. The molecule has 1 fully saturated rings. The standard InChI is InChI=1S/C27H22N4O6/c1-27(24(32)28-25(33)36-27)14-16-7-9-17(10-8-16)15-30-20-5-3-4-6-21(20)31(26(30)34)23-19-12-11-18(35-2)13-22(19)37-29-23/h3-13H,14-15H2,1-2H3,(H,28,32,33)/t27-/m0/s1. The zero-order valence-corrected chi connectivity index (χ0v) is 20.1. The smallest absolute Gasteiger partial charge is 0.415 e. The van der Waals surface area contributed by atoms with Crippen molar-refractivity contribution in [3.05, 3.63) is 88.3 Å². The molecule has 0 saturated carbocycles. The molecule has 2 amide bonds. The van der Waals surface area contributed by atoms with Gasteiger partial charge in [0.2, 0.25) is 0 Å². The molecule has 1 atom stereocenters. The fourth-order valence-corrected chi connectivity index (χ4v) is 4.71. The number of ether oxygens (including phenoxy) is 2. The van der Waals surface area contributed by atoms with Crippen LogP contribution in [0.2, 0.25) is 0 Å². The highest BCUT2D eigenvalue weighted by atomic mass is 16.6. The molecule has 0 spiro atoms. The summed E-state index contributed by atoms with van der Waals surface area (Å²) in [6, 6.07) is 20.4. The lowest BCUT2D eigenvalue weighted by Crippen LogP contribution is -2.38. The summed E-state index contributed by atoms with van der Waals surface area (Å²) in [5, 5.41) is 7.06. The van der Waals surface area contributed by atoms with E-state index in [2.05, 4.69) is 10.5 Å². The summed E-state index contributed by atoms with van der Waals surface area (Å²) in [4.78, 5) is 37.2. The fourth-order valence-electron chi connectivity index (χ4n) is 4.71. The van der Waals surface area contributed by atoms with E-state index < -0.39 is 17.6 Å². The van der Waals surface area contributed by atoms with Gasteiger partial charge >= 0.3 is 11.8 Å². The van der Waals surface area contributed by atoms with Gasteiger partial charge in [-0.05, 0) is 42.3 Å². The maximum absolute atomic E-state index is 13.7. The first-order valence-corrected chi connectivity index (χ1v) is 11.6. The number of fused-ring (bicyclic) bond motifs is 2. The number of cyclic esters (lactones) is 1. The number of methoxy groups -OCH3 is 1. The topological polar surface area (TPSA) is 118 Å². The van der Waals surface area contributed by atoms with Crippen molar-refractivity contribution in [2.24, 2.45) is 0 Å². The number of amides is 2. The molecule has 1 N–H and O–H groups in total. The number of alkyl carbamates (subject to hydrolysis) is 1. The van der Waals surface area contributed by atoms with E-state index in [0.29, 0.717) is 34.6 Å². The van der Waals surface area contributed by atoms with Crippen LogP contribution in [-0.4, -0.2) is 39.0 Å². The number of nitrogens with zero attached hydrogens (tertiary/aromatic N) is 3. The average Bonchev–Trinajstić information content (AvgIpc) is 3.50. The van der Waals surface area contributed by atoms with Gasteiger partial charge < -0.3 is 14.0 Å². The minimum absolute atomic E-state index is 0.244. The number of hydrogen-bond acceptors (Lipinski definition) is 7. The predicted molar refractivity (Wildman–Crippen MR) is 134 cm³/mol. The van der Waals surface area contributed by atoms with Crippen LogP contribution < -0.4 is 15.7 Å². The first kappa shape index (κ1) is 22.6. The fraction of sp³-hybridized carbons (Fsp3) is 0.185. The Morgan fingerprint density at radius 1 is 0.973 bits per heavy atom. The van der Waals surface area contributed by atoms with E-state index in [0.717, 1.165) is 16.6 Å². The highest BCUT2D eigenvalue weighted by Crippen LogP contribution is 2.28. The number of carbonyl (C=O) groups excluding carboxylic acids is 2.